The number of benzene rings is 1. The van der Waals surface area contributed by atoms with Crippen LogP contribution in [0.3, 0.4) is 0 Å². The summed E-state index contributed by atoms with van der Waals surface area (Å²) in [5.41, 5.74) is 3.91. The standard InChI is InChI=1S/C17H21N3/c1-13(16-8-4-5-10-19-16)20-17-9-11-18-12-14-6-2-3-7-15(14)17/h2-8,10,13,17-18,20H,9,11-12H2,1H3/t13-,17?/m0/s1. The average Bonchev–Trinajstić information content (AvgIpc) is 2.71. The summed E-state index contributed by atoms with van der Waals surface area (Å²) in [6.07, 6.45) is 2.96. The summed E-state index contributed by atoms with van der Waals surface area (Å²) in [7, 11) is 0. The molecule has 0 radical (unpaired) electrons. The first kappa shape index (κ1) is 13.3. The fourth-order valence-electron chi connectivity index (χ4n) is 2.85. The maximum absolute atomic E-state index is 4.45. The lowest BCUT2D eigenvalue weighted by atomic mass is 9.98. The molecular formula is C17H21N3. The van der Waals surface area contributed by atoms with Crippen LogP contribution >= 0.6 is 0 Å². The third-order valence-corrected chi connectivity index (χ3v) is 3.94. The van der Waals surface area contributed by atoms with Gasteiger partial charge in [-0.1, -0.05) is 30.3 Å². The molecular weight excluding hydrogens is 246 g/mol. The van der Waals surface area contributed by atoms with Gasteiger partial charge in [-0.25, -0.2) is 0 Å². The molecule has 3 nitrogen and oxygen atoms in total. The molecule has 3 rings (SSSR count). The van der Waals surface area contributed by atoms with E-state index in [2.05, 4.69) is 52.9 Å². The number of fused-ring (bicyclic) bond motifs is 1. The zero-order chi connectivity index (χ0) is 13.8. The Balaban J connectivity index is 1.80. The van der Waals surface area contributed by atoms with Gasteiger partial charge in [0.2, 0.25) is 0 Å². The van der Waals surface area contributed by atoms with Crippen molar-refractivity contribution in [3.63, 3.8) is 0 Å². The third kappa shape index (κ3) is 2.89. The molecule has 0 fully saturated rings. The molecule has 0 saturated carbocycles. The zero-order valence-corrected chi connectivity index (χ0v) is 11.8. The second-order valence-corrected chi connectivity index (χ2v) is 5.36. The van der Waals surface area contributed by atoms with E-state index in [0.29, 0.717) is 6.04 Å². The molecule has 1 aliphatic rings. The molecule has 1 aliphatic heterocycles. The summed E-state index contributed by atoms with van der Waals surface area (Å²) in [5.74, 6) is 0. The van der Waals surface area contributed by atoms with Crippen LogP contribution in [0.1, 0.15) is 42.2 Å². The van der Waals surface area contributed by atoms with Crippen molar-refractivity contribution < 1.29 is 0 Å². The third-order valence-electron chi connectivity index (χ3n) is 3.94. The van der Waals surface area contributed by atoms with Crippen LogP contribution in [-0.2, 0) is 6.54 Å². The molecule has 0 amide bonds. The normalized spacial score (nSPS) is 19.9. The van der Waals surface area contributed by atoms with Gasteiger partial charge in [0.15, 0.2) is 0 Å². The second kappa shape index (κ2) is 6.16. The van der Waals surface area contributed by atoms with Crippen molar-refractivity contribution in [1.82, 2.24) is 15.6 Å². The molecule has 1 aromatic heterocycles. The van der Waals surface area contributed by atoms with Crippen LogP contribution < -0.4 is 10.6 Å². The molecule has 1 aromatic carbocycles. The van der Waals surface area contributed by atoms with Gasteiger partial charge >= 0.3 is 0 Å². The molecule has 20 heavy (non-hydrogen) atoms. The number of nitrogens with zero attached hydrogens (tertiary/aromatic N) is 1. The molecule has 2 atom stereocenters. The number of rotatable bonds is 3. The smallest absolute Gasteiger partial charge is 0.0570 e. The van der Waals surface area contributed by atoms with Crippen molar-refractivity contribution in [3.8, 4) is 0 Å². The average molecular weight is 267 g/mol. The minimum absolute atomic E-state index is 0.257. The molecule has 0 bridgehead atoms. The first-order valence-corrected chi connectivity index (χ1v) is 7.30. The lowest BCUT2D eigenvalue weighted by molar-refractivity contribution is 0.437. The van der Waals surface area contributed by atoms with Gasteiger partial charge in [0, 0.05) is 24.8 Å². The van der Waals surface area contributed by atoms with Crippen molar-refractivity contribution in [2.75, 3.05) is 6.54 Å². The molecule has 0 saturated heterocycles. The van der Waals surface area contributed by atoms with Crippen LogP contribution in [0.25, 0.3) is 0 Å². The molecule has 2 N–H and O–H groups in total. The molecule has 3 heteroatoms. The van der Waals surface area contributed by atoms with Crippen LogP contribution in [0.4, 0.5) is 0 Å². The molecule has 2 aromatic rings. The Hall–Kier alpha value is -1.71. The van der Waals surface area contributed by atoms with Crippen LogP contribution in [-0.4, -0.2) is 11.5 Å². The van der Waals surface area contributed by atoms with E-state index >= 15 is 0 Å². The summed E-state index contributed by atoms with van der Waals surface area (Å²) in [5, 5.41) is 7.22. The maximum Gasteiger partial charge on any atom is 0.0570 e. The largest absolute Gasteiger partial charge is 0.313 e. The molecule has 1 unspecified atom stereocenters. The van der Waals surface area contributed by atoms with Gasteiger partial charge in [-0.05, 0) is 43.1 Å². The Morgan fingerprint density at radius 1 is 1.20 bits per heavy atom. The number of nitrogens with one attached hydrogen (secondary N) is 2. The predicted molar refractivity (Wildman–Crippen MR) is 81.3 cm³/mol. The minimum atomic E-state index is 0.257. The zero-order valence-electron chi connectivity index (χ0n) is 11.8. The van der Waals surface area contributed by atoms with Crippen LogP contribution in [0, 0.1) is 0 Å². The topological polar surface area (TPSA) is 37.0 Å². The van der Waals surface area contributed by atoms with Gasteiger partial charge in [0.25, 0.3) is 0 Å². The van der Waals surface area contributed by atoms with E-state index in [-0.39, 0.29) is 6.04 Å². The van der Waals surface area contributed by atoms with Crippen molar-refractivity contribution >= 4 is 0 Å². The highest BCUT2D eigenvalue weighted by Crippen LogP contribution is 2.26. The van der Waals surface area contributed by atoms with Crippen LogP contribution in [0.15, 0.2) is 48.7 Å². The second-order valence-electron chi connectivity index (χ2n) is 5.36. The number of aromatic nitrogens is 1. The van der Waals surface area contributed by atoms with Gasteiger partial charge in [-0.2, -0.15) is 0 Å². The van der Waals surface area contributed by atoms with Crippen LogP contribution in [0.5, 0.6) is 0 Å². The van der Waals surface area contributed by atoms with E-state index in [0.717, 1.165) is 25.2 Å². The maximum atomic E-state index is 4.45. The van der Waals surface area contributed by atoms with Crippen molar-refractivity contribution in [1.29, 1.82) is 0 Å². The van der Waals surface area contributed by atoms with E-state index in [9.17, 15) is 0 Å². The summed E-state index contributed by atoms with van der Waals surface area (Å²) in [4.78, 5) is 4.45. The number of pyridine rings is 1. The Kier molecular flexibility index (Phi) is 4.09. The van der Waals surface area contributed by atoms with Crippen LogP contribution in [0.2, 0.25) is 0 Å². The van der Waals surface area contributed by atoms with Gasteiger partial charge in [-0.15, -0.1) is 0 Å². The lowest BCUT2D eigenvalue weighted by Crippen LogP contribution is -2.26. The first-order valence-electron chi connectivity index (χ1n) is 7.30. The van der Waals surface area contributed by atoms with Gasteiger partial charge < -0.3 is 10.6 Å². The molecule has 104 valence electrons. The summed E-state index contributed by atoms with van der Waals surface area (Å²) in [6.45, 7) is 4.19. The quantitative estimate of drug-likeness (QED) is 0.897. The first-order chi connectivity index (χ1) is 9.84. The van der Waals surface area contributed by atoms with E-state index < -0.39 is 0 Å². The molecule has 2 heterocycles. The Morgan fingerprint density at radius 3 is 2.90 bits per heavy atom. The highest BCUT2D eigenvalue weighted by molar-refractivity contribution is 5.31. The van der Waals surface area contributed by atoms with E-state index in [1.54, 1.807) is 0 Å². The Labute approximate surface area is 120 Å². The van der Waals surface area contributed by atoms with Crippen molar-refractivity contribution in [2.45, 2.75) is 32.0 Å². The van der Waals surface area contributed by atoms with Gasteiger partial charge in [0.1, 0.15) is 0 Å². The van der Waals surface area contributed by atoms with E-state index in [1.165, 1.54) is 11.1 Å². The fraction of sp³-hybridized carbons (Fsp3) is 0.353. The lowest BCUT2D eigenvalue weighted by Gasteiger charge is -2.23. The minimum Gasteiger partial charge on any atom is -0.313 e. The number of hydrogen-bond donors (Lipinski definition) is 2. The highest BCUT2D eigenvalue weighted by Gasteiger charge is 2.20. The fourth-order valence-corrected chi connectivity index (χ4v) is 2.85. The summed E-state index contributed by atoms with van der Waals surface area (Å²) in [6, 6.07) is 15.4. The Morgan fingerprint density at radius 2 is 2.05 bits per heavy atom. The molecule has 0 spiro atoms. The van der Waals surface area contributed by atoms with Crippen molar-refractivity contribution in [2.24, 2.45) is 0 Å². The van der Waals surface area contributed by atoms with Gasteiger partial charge in [0.05, 0.1) is 5.69 Å². The van der Waals surface area contributed by atoms with Gasteiger partial charge in [-0.3, -0.25) is 4.98 Å². The van der Waals surface area contributed by atoms with E-state index in [4.69, 9.17) is 0 Å². The monoisotopic (exact) mass is 267 g/mol. The SMILES string of the molecule is C[C@H](NC1CCNCc2ccccc21)c1ccccn1. The number of hydrogen-bond acceptors (Lipinski definition) is 3. The highest BCUT2D eigenvalue weighted by atomic mass is 15.0. The predicted octanol–water partition coefficient (Wildman–Crippen LogP) is 2.97. The summed E-state index contributed by atoms with van der Waals surface area (Å²) >= 11 is 0. The Bertz CT molecular complexity index is 553. The molecule has 0 aliphatic carbocycles. The van der Waals surface area contributed by atoms with E-state index in [1.807, 2.05) is 18.3 Å². The van der Waals surface area contributed by atoms with Crippen molar-refractivity contribution in [3.05, 3.63) is 65.5 Å². The summed E-state index contributed by atoms with van der Waals surface area (Å²) < 4.78 is 0.